The molecule has 6 heteroatoms. The third-order valence-electron chi connectivity index (χ3n) is 4.30. The van der Waals surface area contributed by atoms with Gasteiger partial charge in [0.15, 0.2) is 0 Å². The van der Waals surface area contributed by atoms with Gasteiger partial charge in [0.2, 0.25) is 11.8 Å². The summed E-state index contributed by atoms with van der Waals surface area (Å²) >= 11 is 1.69. The molecule has 3 heterocycles. The SMILES string of the molecule is C[C@H]1C(=O)N2CCN(Cc3ccsc3)C[C@@H]2C(=O)N1C. The smallest absolute Gasteiger partial charge is 0.247 e. The highest BCUT2D eigenvalue weighted by Crippen LogP contribution is 2.22. The van der Waals surface area contributed by atoms with Crippen LogP contribution >= 0.6 is 11.3 Å². The van der Waals surface area contributed by atoms with Crippen molar-refractivity contribution in [2.24, 2.45) is 0 Å². The quantitative estimate of drug-likeness (QED) is 0.803. The van der Waals surface area contributed by atoms with Crippen molar-refractivity contribution in [2.45, 2.75) is 25.6 Å². The molecule has 0 spiro atoms. The number of rotatable bonds is 2. The first-order chi connectivity index (χ1) is 9.58. The van der Waals surface area contributed by atoms with E-state index in [0.29, 0.717) is 13.1 Å². The number of carbonyl (C=O) groups is 2. The number of amides is 2. The first-order valence-corrected chi connectivity index (χ1v) is 7.83. The first kappa shape index (κ1) is 13.6. The molecule has 0 saturated carbocycles. The van der Waals surface area contributed by atoms with Gasteiger partial charge in [-0.25, -0.2) is 0 Å². The van der Waals surface area contributed by atoms with E-state index in [9.17, 15) is 9.59 Å². The van der Waals surface area contributed by atoms with Crippen LogP contribution in [0, 0.1) is 0 Å². The van der Waals surface area contributed by atoms with E-state index in [1.165, 1.54) is 5.56 Å². The van der Waals surface area contributed by atoms with E-state index in [4.69, 9.17) is 0 Å². The van der Waals surface area contributed by atoms with Crippen molar-refractivity contribution in [1.29, 1.82) is 0 Å². The van der Waals surface area contributed by atoms with Crippen molar-refractivity contribution in [3.8, 4) is 0 Å². The van der Waals surface area contributed by atoms with E-state index >= 15 is 0 Å². The van der Waals surface area contributed by atoms with Gasteiger partial charge in [0, 0.05) is 33.2 Å². The summed E-state index contributed by atoms with van der Waals surface area (Å²) in [7, 11) is 1.72. The molecule has 0 radical (unpaired) electrons. The van der Waals surface area contributed by atoms with Crippen molar-refractivity contribution in [1.82, 2.24) is 14.7 Å². The number of carbonyl (C=O) groups excluding carboxylic acids is 2. The summed E-state index contributed by atoms with van der Waals surface area (Å²) in [5, 5.41) is 4.20. The van der Waals surface area contributed by atoms with Crippen LogP contribution in [0.5, 0.6) is 0 Å². The minimum absolute atomic E-state index is 0.0621. The average Bonchev–Trinajstić information content (AvgIpc) is 2.95. The van der Waals surface area contributed by atoms with Crippen molar-refractivity contribution in [3.63, 3.8) is 0 Å². The van der Waals surface area contributed by atoms with Gasteiger partial charge < -0.3 is 9.80 Å². The molecule has 108 valence electrons. The molecule has 2 atom stereocenters. The van der Waals surface area contributed by atoms with E-state index in [1.807, 2.05) is 0 Å². The Hall–Kier alpha value is -1.40. The largest absolute Gasteiger partial charge is 0.332 e. The number of hydrogen-bond donors (Lipinski definition) is 0. The van der Waals surface area contributed by atoms with Crippen LogP contribution < -0.4 is 0 Å². The molecule has 0 N–H and O–H groups in total. The second kappa shape index (κ2) is 5.18. The monoisotopic (exact) mass is 293 g/mol. The number of thiophene rings is 1. The number of hydrogen-bond acceptors (Lipinski definition) is 4. The first-order valence-electron chi connectivity index (χ1n) is 6.88. The van der Waals surface area contributed by atoms with Gasteiger partial charge in [-0.1, -0.05) is 0 Å². The summed E-state index contributed by atoms with van der Waals surface area (Å²) in [6, 6.07) is 1.47. The van der Waals surface area contributed by atoms with Crippen LogP contribution in [0.2, 0.25) is 0 Å². The maximum Gasteiger partial charge on any atom is 0.247 e. The lowest BCUT2D eigenvalue weighted by molar-refractivity contribution is -0.163. The molecule has 2 amide bonds. The molecular weight excluding hydrogens is 274 g/mol. The topological polar surface area (TPSA) is 43.9 Å². The van der Waals surface area contributed by atoms with Crippen molar-refractivity contribution in [3.05, 3.63) is 22.4 Å². The summed E-state index contributed by atoms with van der Waals surface area (Å²) in [4.78, 5) is 30.2. The molecule has 0 aliphatic carbocycles. The lowest BCUT2D eigenvalue weighted by atomic mass is 10.0. The summed E-state index contributed by atoms with van der Waals surface area (Å²) < 4.78 is 0. The summed E-state index contributed by atoms with van der Waals surface area (Å²) in [6.07, 6.45) is 0. The molecule has 2 saturated heterocycles. The molecule has 0 aromatic carbocycles. The van der Waals surface area contributed by atoms with Gasteiger partial charge in [-0.3, -0.25) is 14.5 Å². The predicted octanol–water partition coefficient (Wildman–Crippen LogP) is 0.621. The minimum atomic E-state index is -0.331. The Balaban J connectivity index is 1.73. The third-order valence-corrected chi connectivity index (χ3v) is 5.04. The van der Waals surface area contributed by atoms with Crippen molar-refractivity contribution in [2.75, 3.05) is 26.7 Å². The second-order valence-corrected chi connectivity index (χ2v) is 6.32. The fourth-order valence-electron chi connectivity index (χ4n) is 2.93. The van der Waals surface area contributed by atoms with Gasteiger partial charge in [-0.2, -0.15) is 11.3 Å². The molecule has 0 unspecified atom stereocenters. The average molecular weight is 293 g/mol. The van der Waals surface area contributed by atoms with E-state index in [1.54, 1.807) is 35.1 Å². The molecule has 2 aliphatic heterocycles. The Morgan fingerprint density at radius 3 is 2.80 bits per heavy atom. The molecule has 2 aliphatic rings. The highest BCUT2D eigenvalue weighted by atomic mass is 32.1. The Labute approximate surface area is 122 Å². The Morgan fingerprint density at radius 2 is 2.10 bits per heavy atom. The molecule has 0 bridgehead atoms. The molecule has 20 heavy (non-hydrogen) atoms. The zero-order chi connectivity index (χ0) is 14.3. The summed E-state index contributed by atoms with van der Waals surface area (Å²) in [5.41, 5.74) is 1.28. The highest BCUT2D eigenvalue weighted by molar-refractivity contribution is 7.07. The number of fused-ring (bicyclic) bond motifs is 1. The van der Waals surface area contributed by atoms with E-state index in [2.05, 4.69) is 21.7 Å². The second-order valence-electron chi connectivity index (χ2n) is 5.54. The summed E-state index contributed by atoms with van der Waals surface area (Å²) in [6.45, 7) is 4.78. The molecular formula is C14H19N3O2S. The zero-order valence-corrected chi connectivity index (χ0v) is 12.6. The zero-order valence-electron chi connectivity index (χ0n) is 11.8. The van der Waals surface area contributed by atoms with Crippen LogP contribution in [0.1, 0.15) is 12.5 Å². The molecule has 5 nitrogen and oxygen atoms in total. The molecule has 2 fully saturated rings. The predicted molar refractivity (Wildman–Crippen MR) is 77.3 cm³/mol. The van der Waals surface area contributed by atoms with Crippen LogP contribution in [0.15, 0.2) is 16.8 Å². The van der Waals surface area contributed by atoms with E-state index in [-0.39, 0.29) is 23.9 Å². The van der Waals surface area contributed by atoms with Crippen LogP contribution in [0.4, 0.5) is 0 Å². The number of nitrogens with zero attached hydrogens (tertiary/aromatic N) is 3. The van der Waals surface area contributed by atoms with Gasteiger partial charge in [0.05, 0.1) is 0 Å². The van der Waals surface area contributed by atoms with Crippen LogP contribution in [0.3, 0.4) is 0 Å². The molecule has 1 aromatic heterocycles. The molecule has 3 rings (SSSR count). The Bertz CT molecular complexity index is 516. The molecule has 1 aromatic rings. The third kappa shape index (κ3) is 2.23. The number of likely N-dealkylation sites (N-methyl/N-ethyl adjacent to an activating group) is 1. The minimum Gasteiger partial charge on any atom is -0.332 e. The van der Waals surface area contributed by atoms with Gasteiger partial charge >= 0.3 is 0 Å². The van der Waals surface area contributed by atoms with E-state index in [0.717, 1.165) is 13.1 Å². The van der Waals surface area contributed by atoms with Crippen molar-refractivity contribution >= 4 is 23.2 Å². The Kier molecular flexibility index (Phi) is 3.52. The lowest BCUT2D eigenvalue weighted by Crippen LogP contribution is -2.68. The van der Waals surface area contributed by atoms with E-state index < -0.39 is 0 Å². The maximum atomic E-state index is 12.4. The van der Waals surface area contributed by atoms with Gasteiger partial charge in [-0.15, -0.1) is 0 Å². The Morgan fingerprint density at radius 1 is 1.30 bits per heavy atom. The maximum absolute atomic E-state index is 12.4. The van der Waals surface area contributed by atoms with Crippen molar-refractivity contribution < 1.29 is 9.59 Å². The van der Waals surface area contributed by atoms with Gasteiger partial charge in [-0.05, 0) is 29.3 Å². The normalized spacial score (nSPS) is 27.9. The van der Waals surface area contributed by atoms with Crippen LogP contribution in [-0.4, -0.2) is 65.3 Å². The van der Waals surface area contributed by atoms with Gasteiger partial charge in [0.25, 0.3) is 0 Å². The standard InChI is InChI=1S/C14H19N3O2S/c1-10-13(18)17-5-4-16(7-11-3-6-20-9-11)8-12(17)14(19)15(10)2/h3,6,9-10,12H,4-5,7-8H2,1-2H3/t10-,12+/m0/s1. The van der Waals surface area contributed by atoms with Gasteiger partial charge in [0.1, 0.15) is 12.1 Å². The van der Waals surface area contributed by atoms with Crippen LogP contribution in [-0.2, 0) is 16.1 Å². The lowest BCUT2D eigenvalue weighted by Gasteiger charge is -2.47. The van der Waals surface area contributed by atoms with Crippen LogP contribution in [0.25, 0.3) is 0 Å². The number of piperazine rings is 2. The fourth-order valence-corrected chi connectivity index (χ4v) is 3.59. The highest BCUT2D eigenvalue weighted by Gasteiger charge is 2.44. The fraction of sp³-hybridized carbons (Fsp3) is 0.571. The summed E-state index contributed by atoms with van der Waals surface area (Å²) in [5.74, 6) is 0.138.